The van der Waals surface area contributed by atoms with Crippen molar-refractivity contribution < 1.29 is 14.3 Å². The Morgan fingerprint density at radius 1 is 0.893 bits per heavy atom. The molecule has 0 heterocycles. The number of benzene rings is 3. The third kappa shape index (κ3) is 4.17. The highest BCUT2D eigenvalue weighted by Crippen LogP contribution is 2.35. The summed E-state index contributed by atoms with van der Waals surface area (Å²) in [5, 5.41) is 3.11. The molecule has 3 aromatic rings. The summed E-state index contributed by atoms with van der Waals surface area (Å²) in [7, 11) is 0. The van der Waals surface area contributed by atoms with Gasteiger partial charge in [0.1, 0.15) is 17.2 Å². The average Bonchev–Trinajstić information content (AvgIpc) is 3.03. The standard InChI is InChI=1S/C24H23NO3/c1-17-15-18-7-5-6-10-22(18)24(17)25-23(26)16-27-19-11-13-21(14-12-19)28-20-8-3-2-4-9-20/h2-14,17,24H,15-16H2,1H3,(H,25,26)/t17-,24+/m1/s1. The number of carbonyl (C=O) groups excluding carboxylic acids is 1. The fraction of sp³-hybridized carbons (Fsp3) is 0.208. The SMILES string of the molecule is C[C@@H]1Cc2ccccc2[C@H]1NC(=O)COc1ccc(Oc2ccccc2)cc1. The van der Waals surface area contributed by atoms with Crippen LogP contribution in [0.3, 0.4) is 0 Å². The largest absolute Gasteiger partial charge is 0.484 e. The van der Waals surface area contributed by atoms with E-state index in [2.05, 4.69) is 24.4 Å². The Bertz CT molecular complexity index is 938. The minimum Gasteiger partial charge on any atom is -0.484 e. The lowest BCUT2D eigenvalue weighted by molar-refractivity contribution is -0.124. The lowest BCUT2D eigenvalue weighted by Crippen LogP contribution is -2.34. The fourth-order valence-corrected chi connectivity index (χ4v) is 3.61. The third-order valence-corrected chi connectivity index (χ3v) is 4.99. The number of hydrogen-bond donors (Lipinski definition) is 1. The van der Waals surface area contributed by atoms with Crippen molar-refractivity contribution in [2.45, 2.75) is 19.4 Å². The van der Waals surface area contributed by atoms with Crippen LogP contribution < -0.4 is 14.8 Å². The van der Waals surface area contributed by atoms with Gasteiger partial charge < -0.3 is 14.8 Å². The molecule has 0 radical (unpaired) electrons. The molecule has 1 aliphatic carbocycles. The zero-order valence-corrected chi connectivity index (χ0v) is 15.8. The van der Waals surface area contributed by atoms with Crippen LogP contribution >= 0.6 is 0 Å². The topological polar surface area (TPSA) is 47.6 Å². The number of nitrogens with one attached hydrogen (secondary N) is 1. The summed E-state index contributed by atoms with van der Waals surface area (Å²) in [4.78, 5) is 12.4. The van der Waals surface area contributed by atoms with Crippen LogP contribution in [0.15, 0.2) is 78.9 Å². The molecule has 0 saturated carbocycles. The first-order chi connectivity index (χ1) is 13.7. The summed E-state index contributed by atoms with van der Waals surface area (Å²) >= 11 is 0. The maximum atomic E-state index is 12.4. The normalized spacial score (nSPS) is 17.6. The lowest BCUT2D eigenvalue weighted by atomic mass is 10.0. The van der Waals surface area contributed by atoms with Gasteiger partial charge in [-0.3, -0.25) is 4.79 Å². The van der Waals surface area contributed by atoms with Gasteiger partial charge in [0, 0.05) is 0 Å². The van der Waals surface area contributed by atoms with Crippen molar-refractivity contribution in [2.24, 2.45) is 5.92 Å². The molecule has 4 rings (SSSR count). The molecule has 28 heavy (non-hydrogen) atoms. The highest BCUT2D eigenvalue weighted by molar-refractivity contribution is 5.78. The van der Waals surface area contributed by atoms with Gasteiger partial charge in [-0.25, -0.2) is 0 Å². The molecule has 4 nitrogen and oxygen atoms in total. The van der Waals surface area contributed by atoms with E-state index < -0.39 is 0 Å². The Morgan fingerprint density at radius 2 is 1.54 bits per heavy atom. The van der Waals surface area contributed by atoms with E-state index in [0.29, 0.717) is 11.7 Å². The van der Waals surface area contributed by atoms with Gasteiger partial charge in [-0.05, 0) is 59.9 Å². The molecule has 0 aromatic heterocycles. The van der Waals surface area contributed by atoms with E-state index in [1.54, 1.807) is 12.1 Å². The van der Waals surface area contributed by atoms with Crippen LogP contribution in [-0.4, -0.2) is 12.5 Å². The summed E-state index contributed by atoms with van der Waals surface area (Å²) in [6.45, 7) is 2.15. The van der Waals surface area contributed by atoms with E-state index in [1.807, 2.05) is 54.6 Å². The molecule has 0 fully saturated rings. The predicted molar refractivity (Wildman–Crippen MR) is 109 cm³/mol. The predicted octanol–water partition coefficient (Wildman–Crippen LogP) is 4.91. The number of fused-ring (bicyclic) bond motifs is 1. The highest BCUT2D eigenvalue weighted by atomic mass is 16.5. The minimum atomic E-state index is -0.113. The monoisotopic (exact) mass is 373 g/mol. The van der Waals surface area contributed by atoms with Crippen LogP contribution in [-0.2, 0) is 11.2 Å². The van der Waals surface area contributed by atoms with Crippen LogP contribution in [0, 0.1) is 5.92 Å². The Kier molecular flexibility index (Phi) is 5.29. The number of ether oxygens (including phenoxy) is 2. The van der Waals surface area contributed by atoms with Crippen LogP contribution in [0.1, 0.15) is 24.1 Å². The van der Waals surface area contributed by atoms with Crippen molar-refractivity contribution in [3.63, 3.8) is 0 Å². The van der Waals surface area contributed by atoms with E-state index in [4.69, 9.17) is 9.47 Å². The van der Waals surface area contributed by atoms with Gasteiger partial charge in [-0.15, -0.1) is 0 Å². The van der Waals surface area contributed by atoms with Crippen LogP contribution in [0.5, 0.6) is 17.2 Å². The Balaban J connectivity index is 1.30. The summed E-state index contributed by atoms with van der Waals surface area (Å²) in [5.41, 5.74) is 2.53. The molecule has 0 saturated heterocycles. The zero-order valence-electron chi connectivity index (χ0n) is 15.8. The first-order valence-corrected chi connectivity index (χ1v) is 9.52. The summed E-state index contributed by atoms with van der Waals surface area (Å²) in [6.07, 6.45) is 0.991. The number of amides is 1. The maximum Gasteiger partial charge on any atom is 0.258 e. The second-order valence-corrected chi connectivity index (χ2v) is 7.10. The molecule has 0 aliphatic heterocycles. The number of hydrogen-bond acceptors (Lipinski definition) is 3. The Morgan fingerprint density at radius 3 is 2.32 bits per heavy atom. The minimum absolute atomic E-state index is 0.00965. The summed E-state index contributed by atoms with van der Waals surface area (Å²) in [6, 6.07) is 25.2. The number of para-hydroxylation sites is 1. The van der Waals surface area contributed by atoms with Crippen LogP contribution in [0.4, 0.5) is 0 Å². The molecule has 2 atom stereocenters. The molecular weight excluding hydrogens is 350 g/mol. The van der Waals surface area contributed by atoms with E-state index in [9.17, 15) is 4.79 Å². The van der Waals surface area contributed by atoms with Crippen molar-refractivity contribution >= 4 is 5.91 Å². The van der Waals surface area contributed by atoms with Crippen LogP contribution in [0.2, 0.25) is 0 Å². The second-order valence-electron chi connectivity index (χ2n) is 7.10. The van der Waals surface area contributed by atoms with Crippen molar-refractivity contribution in [1.82, 2.24) is 5.32 Å². The molecule has 0 spiro atoms. The van der Waals surface area contributed by atoms with Gasteiger partial charge in [0.15, 0.2) is 6.61 Å². The molecule has 1 N–H and O–H groups in total. The molecule has 0 unspecified atom stereocenters. The van der Waals surface area contributed by atoms with Crippen molar-refractivity contribution in [2.75, 3.05) is 6.61 Å². The Hall–Kier alpha value is -3.27. The smallest absolute Gasteiger partial charge is 0.258 e. The molecule has 142 valence electrons. The van der Waals surface area contributed by atoms with Crippen molar-refractivity contribution in [3.8, 4) is 17.2 Å². The van der Waals surface area contributed by atoms with Gasteiger partial charge in [0.05, 0.1) is 6.04 Å². The van der Waals surface area contributed by atoms with Gasteiger partial charge in [0.25, 0.3) is 5.91 Å². The van der Waals surface area contributed by atoms with Gasteiger partial charge >= 0.3 is 0 Å². The van der Waals surface area contributed by atoms with Gasteiger partial charge in [0.2, 0.25) is 0 Å². The van der Waals surface area contributed by atoms with E-state index in [0.717, 1.165) is 17.9 Å². The molecule has 3 aromatic carbocycles. The van der Waals surface area contributed by atoms with Crippen LogP contribution in [0.25, 0.3) is 0 Å². The number of carbonyl (C=O) groups is 1. The van der Waals surface area contributed by atoms with Crippen molar-refractivity contribution in [1.29, 1.82) is 0 Å². The molecule has 1 aliphatic rings. The molecule has 1 amide bonds. The van der Waals surface area contributed by atoms with Gasteiger partial charge in [-0.1, -0.05) is 49.4 Å². The zero-order chi connectivity index (χ0) is 19.3. The fourth-order valence-electron chi connectivity index (χ4n) is 3.61. The van der Waals surface area contributed by atoms with Gasteiger partial charge in [-0.2, -0.15) is 0 Å². The second kappa shape index (κ2) is 8.17. The molecular formula is C24H23NO3. The van der Waals surface area contributed by atoms with E-state index in [-0.39, 0.29) is 18.6 Å². The third-order valence-electron chi connectivity index (χ3n) is 4.99. The van der Waals surface area contributed by atoms with E-state index >= 15 is 0 Å². The summed E-state index contributed by atoms with van der Waals surface area (Å²) in [5.74, 6) is 2.41. The summed E-state index contributed by atoms with van der Waals surface area (Å²) < 4.78 is 11.4. The maximum absolute atomic E-state index is 12.4. The molecule has 0 bridgehead atoms. The molecule has 4 heteroatoms. The van der Waals surface area contributed by atoms with Crippen molar-refractivity contribution in [3.05, 3.63) is 90.0 Å². The Labute approximate surface area is 165 Å². The first-order valence-electron chi connectivity index (χ1n) is 9.52. The quantitative estimate of drug-likeness (QED) is 0.668. The number of rotatable bonds is 6. The van der Waals surface area contributed by atoms with E-state index in [1.165, 1.54) is 11.1 Å². The first kappa shape index (κ1) is 18.1. The highest BCUT2D eigenvalue weighted by Gasteiger charge is 2.30. The lowest BCUT2D eigenvalue weighted by Gasteiger charge is -2.19. The average molecular weight is 373 g/mol.